The summed E-state index contributed by atoms with van der Waals surface area (Å²) >= 11 is 0. The molecule has 0 aromatic carbocycles. The largest absolute Gasteiger partial charge is 0.354 e. The van der Waals surface area contributed by atoms with Crippen molar-refractivity contribution in [3.8, 4) is 11.5 Å². The zero-order chi connectivity index (χ0) is 14.9. The van der Waals surface area contributed by atoms with Gasteiger partial charge in [0, 0.05) is 38.4 Å². The molecule has 6 heteroatoms. The summed E-state index contributed by atoms with van der Waals surface area (Å²) in [7, 11) is 0. The van der Waals surface area contributed by atoms with Crippen LogP contribution in [0.4, 0.5) is 5.82 Å². The van der Waals surface area contributed by atoms with Crippen molar-refractivity contribution in [2.24, 2.45) is 0 Å². The second-order valence-corrected chi connectivity index (χ2v) is 5.84. The van der Waals surface area contributed by atoms with Crippen LogP contribution in [0.5, 0.6) is 0 Å². The second kappa shape index (κ2) is 5.53. The number of hydrogen-bond acceptors (Lipinski definition) is 6. The third-order valence-corrected chi connectivity index (χ3v) is 4.37. The lowest BCUT2D eigenvalue weighted by atomic mass is 10.2. The fourth-order valence-electron chi connectivity index (χ4n) is 3.25. The summed E-state index contributed by atoms with van der Waals surface area (Å²) in [5.74, 6) is 2.14. The molecule has 2 aromatic heterocycles. The van der Waals surface area contributed by atoms with E-state index in [2.05, 4.69) is 37.1 Å². The Kier molecular flexibility index (Phi) is 3.38. The van der Waals surface area contributed by atoms with E-state index < -0.39 is 0 Å². The van der Waals surface area contributed by atoms with E-state index in [4.69, 9.17) is 4.52 Å². The van der Waals surface area contributed by atoms with E-state index >= 15 is 0 Å². The third kappa shape index (κ3) is 2.39. The van der Waals surface area contributed by atoms with Crippen molar-refractivity contribution < 1.29 is 4.52 Å². The fraction of sp³-hybridized carbons (Fsp3) is 0.438. The number of nitrogens with zero attached hydrogens (tertiary/aromatic N) is 5. The van der Waals surface area contributed by atoms with E-state index in [1.165, 1.54) is 6.42 Å². The Hall–Kier alpha value is -2.21. The molecule has 2 aliphatic rings. The summed E-state index contributed by atoms with van der Waals surface area (Å²) in [4.78, 5) is 13.8. The quantitative estimate of drug-likeness (QED) is 0.806. The van der Waals surface area contributed by atoms with Gasteiger partial charge in [-0.1, -0.05) is 17.3 Å². The van der Waals surface area contributed by atoms with Gasteiger partial charge in [0.05, 0.1) is 5.56 Å². The van der Waals surface area contributed by atoms with Gasteiger partial charge in [-0.05, 0) is 25.5 Å². The van der Waals surface area contributed by atoms with E-state index in [-0.39, 0.29) is 0 Å². The molecule has 0 N–H and O–H groups in total. The Labute approximate surface area is 129 Å². The number of pyridine rings is 1. The Bertz CT molecular complexity index is 687. The van der Waals surface area contributed by atoms with E-state index in [1.54, 1.807) is 0 Å². The highest BCUT2D eigenvalue weighted by Gasteiger charge is 2.30. The summed E-state index contributed by atoms with van der Waals surface area (Å²) in [6.07, 6.45) is 7.49. The SMILES string of the molecule is Cc1noc(-c2cccnc2N2CCC(N3CC=CC3)C2)n1. The maximum atomic E-state index is 5.33. The van der Waals surface area contributed by atoms with Crippen molar-refractivity contribution >= 4 is 5.82 Å². The van der Waals surface area contributed by atoms with Crippen LogP contribution in [-0.4, -0.2) is 52.2 Å². The highest BCUT2D eigenvalue weighted by atomic mass is 16.5. The molecule has 6 nitrogen and oxygen atoms in total. The number of rotatable bonds is 3. The Balaban J connectivity index is 1.58. The molecular formula is C16H19N5O. The minimum absolute atomic E-state index is 0.548. The molecule has 4 heterocycles. The van der Waals surface area contributed by atoms with Crippen LogP contribution >= 0.6 is 0 Å². The van der Waals surface area contributed by atoms with E-state index in [0.29, 0.717) is 17.8 Å². The molecule has 1 unspecified atom stereocenters. The molecule has 2 aliphatic heterocycles. The highest BCUT2D eigenvalue weighted by Crippen LogP contribution is 2.31. The summed E-state index contributed by atoms with van der Waals surface area (Å²) in [5, 5.41) is 3.89. The van der Waals surface area contributed by atoms with Crippen molar-refractivity contribution in [1.82, 2.24) is 20.0 Å². The highest BCUT2D eigenvalue weighted by molar-refractivity contribution is 5.70. The van der Waals surface area contributed by atoms with Gasteiger partial charge in [-0.25, -0.2) is 4.98 Å². The van der Waals surface area contributed by atoms with Gasteiger partial charge in [0.2, 0.25) is 0 Å². The van der Waals surface area contributed by atoms with Gasteiger partial charge in [-0.3, -0.25) is 4.90 Å². The monoisotopic (exact) mass is 297 g/mol. The van der Waals surface area contributed by atoms with Crippen LogP contribution in [0.15, 0.2) is 35.0 Å². The van der Waals surface area contributed by atoms with Gasteiger partial charge in [0.25, 0.3) is 5.89 Å². The van der Waals surface area contributed by atoms with Gasteiger partial charge < -0.3 is 9.42 Å². The Morgan fingerprint density at radius 3 is 2.91 bits per heavy atom. The first-order chi connectivity index (χ1) is 10.8. The average molecular weight is 297 g/mol. The maximum absolute atomic E-state index is 5.33. The van der Waals surface area contributed by atoms with Crippen LogP contribution in [0.2, 0.25) is 0 Å². The van der Waals surface area contributed by atoms with Crippen molar-refractivity contribution in [3.63, 3.8) is 0 Å². The Morgan fingerprint density at radius 2 is 2.14 bits per heavy atom. The van der Waals surface area contributed by atoms with Gasteiger partial charge in [0.15, 0.2) is 5.82 Å². The molecule has 0 radical (unpaired) electrons. The average Bonchev–Trinajstić information content (AvgIpc) is 3.28. The van der Waals surface area contributed by atoms with Crippen LogP contribution in [0, 0.1) is 6.92 Å². The van der Waals surface area contributed by atoms with Crippen molar-refractivity contribution in [2.45, 2.75) is 19.4 Å². The lowest BCUT2D eigenvalue weighted by Crippen LogP contribution is -2.35. The predicted molar refractivity (Wildman–Crippen MR) is 83.6 cm³/mol. The molecular weight excluding hydrogens is 278 g/mol. The summed E-state index contributed by atoms with van der Waals surface area (Å²) < 4.78 is 5.33. The smallest absolute Gasteiger partial charge is 0.261 e. The number of anilines is 1. The molecule has 4 rings (SSSR count). The van der Waals surface area contributed by atoms with Crippen molar-refractivity contribution in [1.29, 1.82) is 0 Å². The first-order valence-electron chi connectivity index (χ1n) is 7.71. The summed E-state index contributed by atoms with van der Waals surface area (Å²) in [6.45, 7) is 5.97. The minimum atomic E-state index is 0.548. The van der Waals surface area contributed by atoms with Crippen LogP contribution in [0.3, 0.4) is 0 Å². The lowest BCUT2D eigenvalue weighted by molar-refractivity contribution is 0.271. The minimum Gasteiger partial charge on any atom is -0.354 e. The van der Waals surface area contributed by atoms with E-state index in [0.717, 1.165) is 37.6 Å². The van der Waals surface area contributed by atoms with E-state index in [9.17, 15) is 0 Å². The molecule has 0 bridgehead atoms. The molecule has 114 valence electrons. The van der Waals surface area contributed by atoms with Crippen LogP contribution in [0.25, 0.3) is 11.5 Å². The maximum Gasteiger partial charge on any atom is 0.261 e. The van der Waals surface area contributed by atoms with E-state index in [1.807, 2.05) is 25.3 Å². The number of hydrogen-bond donors (Lipinski definition) is 0. The lowest BCUT2D eigenvalue weighted by Gasteiger charge is -2.24. The molecule has 0 spiro atoms. The van der Waals surface area contributed by atoms with Gasteiger partial charge in [-0.2, -0.15) is 4.98 Å². The Morgan fingerprint density at radius 1 is 1.27 bits per heavy atom. The topological polar surface area (TPSA) is 58.3 Å². The van der Waals surface area contributed by atoms with Crippen molar-refractivity contribution in [3.05, 3.63) is 36.3 Å². The van der Waals surface area contributed by atoms with Gasteiger partial charge >= 0.3 is 0 Å². The van der Waals surface area contributed by atoms with Gasteiger partial charge in [-0.15, -0.1) is 0 Å². The van der Waals surface area contributed by atoms with Crippen LogP contribution in [0.1, 0.15) is 12.2 Å². The van der Waals surface area contributed by atoms with Crippen LogP contribution in [-0.2, 0) is 0 Å². The summed E-state index contributed by atoms with van der Waals surface area (Å²) in [5.41, 5.74) is 0.920. The molecule has 1 saturated heterocycles. The first-order valence-corrected chi connectivity index (χ1v) is 7.71. The number of aryl methyl sites for hydroxylation is 1. The second-order valence-electron chi connectivity index (χ2n) is 5.84. The molecule has 0 amide bonds. The molecule has 22 heavy (non-hydrogen) atoms. The zero-order valence-electron chi connectivity index (χ0n) is 12.6. The fourth-order valence-corrected chi connectivity index (χ4v) is 3.25. The zero-order valence-corrected chi connectivity index (χ0v) is 12.6. The molecule has 1 fully saturated rings. The predicted octanol–water partition coefficient (Wildman–Crippen LogP) is 1.89. The first kappa shape index (κ1) is 13.5. The third-order valence-electron chi connectivity index (χ3n) is 4.37. The molecule has 1 atom stereocenters. The molecule has 2 aromatic rings. The standard InChI is InChI=1S/C16H19N5O/c1-12-18-16(22-19-12)14-5-4-7-17-15(14)21-10-6-13(11-21)20-8-2-3-9-20/h2-5,7,13H,6,8-11H2,1H3. The van der Waals surface area contributed by atoms with Crippen molar-refractivity contribution in [2.75, 3.05) is 31.1 Å². The normalized spacial score (nSPS) is 21.9. The van der Waals surface area contributed by atoms with Gasteiger partial charge in [0.1, 0.15) is 5.82 Å². The molecule has 0 saturated carbocycles. The number of aromatic nitrogens is 3. The van der Waals surface area contributed by atoms with Crippen LogP contribution < -0.4 is 4.90 Å². The molecule has 0 aliphatic carbocycles. The summed E-state index contributed by atoms with van der Waals surface area (Å²) in [6, 6.07) is 4.50.